The van der Waals surface area contributed by atoms with Crippen LogP contribution in [0, 0.1) is 6.92 Å². The van der Waals surface area contributed by atoms with Gasteiger partial charge in [-0.2, -0.15) is 5.10 Å². The van der Waals surface area contributed by atoms with E-state index in [4.69, 9.17) is 5.73 Å². The Hall–Kier alpha value is -1.72. The zero-order chi connectivity index (χ0) is 14.1. The second-order valence-electron chi connectivity index (χ2n) is 4.75. The average molecular weight is 331 g/mol. The Morgan fingerprint density at radius 2 is 2.10 bits per heavy atom. The summed E-state index contributed by atoms with van der Waals surface area (Å²) in [5.74, 6) is 0. The van der Waals surface area contributed by atoms with Gasteiger partial charge in [0, 0.05) is 16.5 Å². The van der Waals surface area contributed by atoms with Crippen molar-refractivity contribution >= 4 is 21.6 Å². The number of nitrogens with zero attached hydrogens (tertiary/aromatic N) is 3. The molecule has 5 heteroatoms. The van der Waals surface area contributed by atoms with E-state index >= 15 is 0 Å². The normalized spacial score (nSPS) is 11.2. The summed E-state index contributed by atoms with van der Waals surface area (Å²) in [5, 5.41) is 4.64. The van der Waals surface area contributed by atoms with Crippen molar-refractivity contribution in [1.82, 2.24) is 14.6 Å². The molecule has 4 nitrogen and oxygen atoms in total. The van der Waals surface area contributed by atoms with Gasteiger partial charge in [0.2, 0.25) is 0 Å². The molecule has 0 aliphatic heterocycles. The van der Waals surface area contributed by atoms with Crippen molar-refractivity contribution in [3.05, 3.63) is 52.3 Å². The van der Waals surface area contributed by atoms with Crippen molar-refractivity contribution in [1.29, 1.82) is 0 Å². The summed E-state index contributed by atoms with van der Waals surface area (Å²) in [5.41, 5.74) is 10.6. The van der Waals surface area contributed by atoms with Crippen LogP contribution in [0.25, 0.3) is 16.9 Å². The Balaban J connectivity index is 2.10. The van der Waals surface area contributed by atoms with Crippen LogP contribution < -0.4 is 5.73 Å². The Morgan fingerprint density at radius 1 is 1.25 bits per heavy atom. The molecule has 0 aliphatic carbocycles. The number of rotatable bonds is 3. The predicted octanol–water partition coefficient (Wildman–Crippen LogP) is 2.97. The van der Waals surface area contributed by atoms with E-state index < -0.39 is 0 Å². The summed E-state index contributed by atoms with van der Waals surface area (Å²) in [6.45, 7) is 2.68. The molecule has 0 saturated heterocycles. The number of nitrogens with two attached hydrogens (primary N) is 1. The minimum atomic E-state index is 0.599. The first-order valence-electron chi connectivity index (χ1n) is 6.49. The summed E-state index contributed by atoms with van der Waals surface area (Å²) < 4.78 is 2.87. The molecule has 0 bridgehead atoms. The fraction of sp³-hybridized carbons (Fsp3) is 0.200. The molecule has 0 spiro atoms. The van der Waals surface area contributed by atoms with Crippen molar-refractivity contribution in [2.24, 2.45) is 5.73 Å². The summed E-state index contributed by atoms with van der Waals surface area (Å²) in [6.07, 6.45) is 2.72. The first-order chi connectivity index (χ1) is 9.67. The molecule has 1 aromatic carbocycles. The number of hydrogen-bond acceptors (Lipinski definition) is 3. The monoisotopic (exact) mass is 330 g/mol. The number of imidazole rings is 1. The second-order valence-corrected chi connectivity index (χ2v) is 5.67. The first kappa shape index (κ1) is 13.3. The van der Waals surface area contributed by atoms with Crippen LogP contribution >= 0.6 is 15.9 Å². The lowest BCUT2D eigenvalue weighted by molar-refractivity contribution is 0.917. The van der Waals surface area contributed by atoms with Crippen LogP contribution in [-0.4, -0.2) is 21.1 Å². The summed E-state index contributed by atoms with van der Waals surface area (Å²) >= 11 is 3.51. The highest BCUT2D eigenvalue weighted by Gasteiger charge is 2.07. The molecule has 102 valence electrons. The number of benzene rings is 1. The molecule has 20 heavy (non-hydrogen) atoms. The molecule has 3 aromatic rings. The van der Waals surface area contributed by atoms with Gasteiger partial charge >= 0.3 is 0 Å². The molecule has 0 atom stereocenters. The van der Waals surface area contributed by atoms with Gasteiger partial charge in [-0.15, -0.1) is 0 Å². The third-order valence-electron chi connectivity index (χ3n) is 3.25. The first-order valence-corrected chi connectivity index (χ1v) is 7.28. The minimum Gasteiger partial charge on any atom is -0.330 e. The lowest BCUT2D eigenvalue weighted by atomic mass is 10.1. The molecule has 2 heterocycles. The fourth-order valence-electron chi connectivity index (χ4n) is 2.21. The highest BCUT2D eigenvalue weighted by Crippen LogP contribution is 2.25. The van der Waals surface area contributed by atoms with E-state index in [0.717, 1.165) is 33.5 Å². The van der Waals surface area contributed by atoms with Crippen LogP contribution in [0.1, 0.15) is 11.3 Å². The highest BCUT2D eigenvalue weighted by molar-refractivity contribution is 9.10. The fourth-order valence-corrected chi connectivity index (χ4v) is 2.57. The standard InChI is InChI=1S/C15H15BrN4/c1-10-2-3-11(16)8-13(10)14-4-5-15-18-12(6-7-17)9-20(15)19-14/h2-5,8-9H,6-7,17H2,1H3. The lowest BCUT2D eigenvalue weighted by Gasteiger charge is -2.06. The van der Waals surface area contributed by atoms with Crippen molar-refractivity contribution in [2.45, 2.75) is 13.3 Å². The predicted molar refractivity (Wildman–Crippen MR) is 83.6 cm³/mol. The maximum atomic E-state index is 5.56. The molecule has 0 amide bonds. The van der Waals surface area contributed by atoms with Crippen LogP contribution in [0.2, 0.25) is 0 Å². The van der Waals surface area contributed by atoms with Gasteiger partial charge in [0.25, 0.3) is 0 Å². The van der Waals surface area contributed by atoms with E-state index in [9.17, 15) is 0 Å². The third kappa shape index (κ3) is 2.46. The Morgan fingerprint density at radius 3 is 2.90 bits per heavy atom. The zero-order valence-electron chi connectivity index (χ0n) is 11.2. The highest BCUT2D eigenvalue weighted by atomic mass is 79.9. The Labute approximate surface area is 125 Å². The quantitative estimate of drug-likeness (QED) is 0.803. The van der Waals surface area contributed by atoms with E-state index in [2.05, 4.69) is 45.1 Å². The lowest BCUT2D eigenvalue weighted by Crippen LogP contribution is -2.02. The van der Waals surface area contributed by atoms with Gasteiger partial charge < -0.3 is 5.73 Å². The molecule has 3 rings (SSSR count). The largest absolute Gasteiger partial charge is 0.330 e. The van der Waals surface area contributed by atoms with Crippen molar-refractivity contribution < 1.29 is 0 Å². The number of fused-ring (bicyclic) bond motifs is 1. The average Bonchev–Trinajstić information content (AvgIpc) is 2.83. The topological polar surface area (TPSA) is 56.2 Å². The number of aromatic nitrogens is 3. The van der Waals surface area contributed by atoms with E-state index in [1.807, 2.05) is 28.9 Å². The van der Waals surface area contributed by atoms with Crippen molar-refractivity contribution in [3.63, 3.8) is 0 Å². The smallest absolute Gasteiger partial charge is 0.153 e. The van der Waals surface area contributed by atoms with E-state index in [1.54, 1.807) is 0 Å². The third-order valence-corrected chi connectivity index (χ3v) is 3.74. The maximum absolute atomic E-state index is 5.56. The molecule has 0 saturated carbocycles. The maximum Gasteiger partial charge on any atom is 0.153 e. The minimum absolute atomic E-state index is 0.599. The van der Waals surface area contributed by atoms with E-state index in [-0.39, 0.29) is 0 Å². The van der Waals surface area contributed by atoms with Crippen molar-refractivity contribution in [2.75, 3.05) is 6.54 Å². The molecular formula is C15H15BrN4. The van der Waals surface area contributed by atoms with Gasteiger partial charge in [-0.05, 0) is 43.3 Å². The molecule has 0 aliphatic rings. The summed E-state index contributed by atoms with van der Waals surface area (Å²) in [6, 6.07) is 10.2. The van der Waals surface area contributed by atoms with Gasteiger partial charge in [-0.1, -0.05) is 22.0 Å². The number of hydrogen-bond donors (Lipinski definition) is 1. The number of aryl methyl sites for hydroxylation is 1. The van der Waals surface area contributed by atoms with Gasteiger partial charge in [-0.3, -0.25) is 0 Å². The Bertz CT molecular complexity index is 764. The molecule has 2 N–H and O–H groups in total. The van der Waals surface area contributed by atoms with Gasteiger partial charge in [0.05, 0.1) is 17.6 Å². The summed E-state index contributed by atoms with van der Waals surface area (Å²) in [4.78, 5) is 4.49. The second kappa shape index (κ2) is 5.34. The zero-order valence-corrected chi connectivity index (χ0v) is 12.8. The summed E-state index contributed by atoms with van der Waals surface area (Å²) in [7, 11) is 0. The molecule has 0 radical (unpaired) electrons. The van der Waals surface area contributed by atoms with Crippen LogP contribution in [0.15, 0.2) is 41.0 Å². The van der Waals surface area contributed by atoms with Crippen LogP contribution in [-0.2, 0) is 6.42 Å². The van der Waals surface area contributed by atoms with Crippen LogP contribution in [0.3, 0.4) is 0 Å². The van der Waals surface area contributed by atoms with Gasteiger partial charge in [0.15, 0.2) is 5.65 Å². The molecular weight excluding hydrogens is 316 g/mol. The van der Waals surface area contributed by atoms with Crippen LogP contribution in [0.4, 0.5) is 0 Å². The van der Waals surface area contributed by atoms with E-state index in [0.29, 0.717) is 6.54 Å². The van der Waals surface area contributed by atoms with E-state index in [1.165, 1.54) is 5.56 Å². The molecule has 0 fully saturated rings. The molecule has 2 aromatic heterocycles. The number of halogens is 1. The van der Waals surface area contributed by atoms with Gasteiger partial charge in [0.1, 0.15) is 0 Å². The SMILES string of the molecule is Cc1ccc(Br)cc1-c1ccc2nc(CCN)cn2n1. The van der Waals surface area contributed by atoms with Gasteiger partial charge in [-0.25, -0.2) is 9.50 Å². The molecule has 0 unspecified atom stereocenters. The van der Waals surface area contributed by atoms with Crippen molar-refractivity contribution in [3.8, 4) is 11.3 Å². The van der Waals surface area contributed by atoms with Crippen LogP contribution in [0.5, 0.6) is 0 Å². The Kier molecular flexibility index (Phi) is 3.54.